The molecule has 0 aliphatic carbocycles. The van der Waals surface area contributed by atoms with Gasteiger partial charge in [-0.3, -0.25) is 4.79 Å². The monoisotopic (exact) mass is 341 g/mol. The van der Waals surface area contributed by atoms with Crippen LogP contribution in [0, 0.1) is 18.8 Å². The highest BCUT2D eigenvalue weighted by Gasteiger charge is 2.32. The summed E-state index contributed by atoms with van der Waals surface area (Å²) in [7, 11) is 0. The molecule has 2 fully saturated rings. The normalized spacial score (nSPS) is 23.8. The number of benzene rings is 1. The molecule has 2 aliphatic heterocycles. The minimum Gasteiger partial charge on any atom is -0.338 e. The maximum atomic E-state index is 13.2. The number of hydrogen-bond donors (Lipinski definition) is 1. The van der Waals surface area contributed by atoms with E-state index in [2.05, 4.69) is 15.2 Å². The molecular weight excluding hydrogens is 318 g/mol. The predicted molar refractivity (Wildman–Crippen MR) is 97.3 cm³/mol. The maximum Gasteiger partial charge on any atom is 0.266 e. The second-order valence-electron chi connectivity index (χ2n) is 6.82. The van der Waals surface area contributed by atoms with Gasteiger partial charge in [0.05, 0.1) is 10.7 Å². The first-order valence-electron chi connectivity index (χ1n) is 8.75. The van der Waals surface area contributed by atoms with Crippen LogP contribution >= 0.6 is 11.3 Å². The van der Waals surface area contributed by atoms with Gasteiger partial charge in [0.25, 0.3) is 5.91 Å². The largest absolute Gasteiger partial charge is 0.338 e. The molecule has 1 aromatic carbocycles. The molecule has 4 rings (SSSR count). The summed E-state index contributed by atoms with van der Waals surface area (Å²) in [6, 6.07) is 10.1. The highest BCUT2D eigenvalue weighted by atomic mass is 32.1. The van der Waals surface area contributed by atoms with E-state index >= 15 is 0 Å². The Morgan fingerprint density at radius 2 is 1.83 bits per heavy atom. The molecule has 2 atom stereocenters. The third-order valence-corrected chi connectivity index (χ3v) is 6.24. The maximum absolute atomic E-state index is 13.2. The van der Waals surface area contributed by atoms with Gasteiger partial charge in [-0.15, -0.1) is 11.3 Å². The molecule has 24 heavy (non-hydrogen) atoms. The van der Waals surface area contributed by atoms with Crippen LogP contribution in [0.25, 0.3) is 11.3 Å². The molecule has 5 heteroatoms. The van der Waals surface area contributed by atoms with E-state index in [1.54, 1.807) is 0 Å². The Bertz CT molecular complexity index is 713. The van der Waals surface area contributed by atoms with Crippen LogP contribution in [0.3, 0.4) is 0 Å². The highest BCUT2D eigenvalue weighted by molar-refractivity contribution is 7.14. The van der Waals surface area contributed by atoms with E-state index in [9.17, 15) is 4.79 Å². The fourth-order valence-electron chi connectivity index (χ4n) is 3.93. The molecule has 2 aromatic rings. The summed E-state index contributed by atoms with van der Waals surface area (Å²) in [5, 5.41) is 4.44. The smallest absolute Gasteiger partial charge is 0.266 e. The summed E-state index contributed by atoms with van der Waals surface area (Å²) >= 11 is 1.52. The molecule has 0 bridgehead atoms. The summed E-state index contributed by atoms with van der Waals surface area (Å²) < 4.78 is 0. The van der Waals surface area contributed by atoms with Crippen LogP contribution in [0.1, 0.15) is 27.5 Å². The van der Waals surface area contributed by atoms with E-state index in [4.69, 9.17) is 0 Å². The lowest BCUT2D eigenvalue weighted by Gasteiger charge is -2.20. The minimum absolute atomic E-state index is 0.160. The van der Waals surface area contributed by atoms with Crippen LogP contribution in [-0.4, -0.2) is 42.0 Å². The van der Waals surface area contributed by atoms with Gasteiger partial charge in [-0.1, -0.05) is 30.3 Å². The number of fused-ring (bicyclic) bond motifs is 1. The summed E-state index contributed by atoms with van der Waals surface area (Å²) in [4.78, 5) is 20.6. The van der Waals surface area contributed by atoms with Crippen molar-refractivity contribution in [2.45, 2.75) is 19.8 Å². The number of likely N-dealkylation sites (tertiary alicyclic amines) is 1. The number of rotatable bonds is 2. The minimum atomic E-state index is 0.160. The van der Waals surface area contributed by atoms with Gasteiger partial charge in [0.2, 0.25) is 0 Å². The number of carbonyl (C=O) groups is 1. The highest BCUT2D eigenvalue weighted by Crippen LogP contribution is 2.32. The lowest BCUT2D eigenvalue weighted by Crippen LogP contribution is -2.32. The van der Waals surface area contributed by atoms with Gasteiger partial charge in [-0.25, -0.2) is 4.98 Å². The Morgan fingerprint density at radius 1 is 1.17 bits per heavy atom. The fourth-order valence-corrected chi connectivity index (χ4v) is 4.84. The average Bonchev–Trinajstić information content (AvgIpc) is 3.17. The number of hydrogen-bond acceptors (Lipinski definition) is 4. The predicted octanol–water partition coefficient (Wildman–Crippen LogP) is 3.19. The Kier molecular flexibility index (Phi) is 4.37. The third-order valence-electron chi connectivity index (χ3n) is 5.28. The zero-order valence-corrected chi connectivity index (χ0v) is 14.8. The van der Waals surface area contributed by atoms with Crippen molar-refractivity contribution in [3.05, 3.63) is 40.2 Å². The standard InChI is InChI=1S/C19H23N3OS/c1-13-21-17(14-5-3-2-4-6-14)18(24-13)19(23)22-9-7-15-11-20-12-16(15)8-10-22/h2-6,15-16,20H,7-12H2,1H3/t15-,16+. The van der Waals surface area contributed by atoms with E-state index in [0.29, 0.717) is 0 Å². The van der Waals surface area contributed by atoms with Crippen molar-refractivity contribution in [1.29, 1.82) is 0 Å². The first-order valence-corrected chi connectivity index (χ1v) is 9.57. The van der Waals surface area contributed by atoms with Gasteiger partial charge >= 0.3 is 0 Å². The Balaban J connectivity index is 1.59. The van der Waals surface area contributed by atoms with Crippen molar-refractivity contribution < 1.29 is 4.79 Å². The Hall–Kier alpha value is -1.72. The second-order valence-corrected chi connectivity index (χ2v) is 8.03. The summed E-state index contributed by atoms with van der Waals surface area (Å²) in [5.74, 6) is 1.63. The summed E-state index contributed by atoms with van der Waals surface area (Å²) in [6.45, 7) is 5.94. The summed E-state index contributed by atoms with van der Waals surface area (Å²) in [5.41, 5.74) is 1.87. The molecule has 126 valence electrons. The number of nitrogens with zero attached hydrogens (tertiary/aromatic N) is 2. The number of thiazole rings is 1. The molecule has 0 radical (unpaired) electrons. The molecule has 1 N–H and O–H groups in total. The summed E-state index contributed by atoms with van der Waals surface area (Å²) in [6.07, 6.45) is 2.23. The van der Waals surface area contributed by atoms with Crippen molar-refractivity contribution in [2.24, 2.45) is 11.8 Å². The van der Waals surface area contributed by atoms with Gasteiger partial charge in [0.1, 0.15) is 4.88 Å². The van der Waals surface area contributed by atoms with Crippen LogP contribution in [-0.2, 0) is 0 Å². The first-order chi connectivity index (χ1) is 11.7. The topological polar surface area (TPSA) is 45.2 Å². The van der Waals surface area contributed by atoms with E-state index in [-0.39, 0.29) is 5.91 Å². The van der Waals surface area contributed by atoms with Crippen LogP contribution in [0.5, 0.6) is 0 Å². The number of amides is 1. The molecular formula is C19H23N3OS. The fraction of sp³-hybridized carbons (Fsp3) is 0.474. The van der Waals surface area contributed by atoms with Crippen LogP contribution in [0.4, 0.5) is 0 Å². The van der Waals surface area contributed by atoms with Crippen molar-refractivity contribution >= 4 is 17.2 Å². The molecule has 0 spiro atoms. The quantitative estimate of drug-likeness (QED) is 0.912. The second kappa shape index (κ2) is 6.65. The lowest BCUT2D eigenvalue weighted by atomic mass is 9.92. The first kappa shape index (κ1) is 15.8. The van der Waals surface area contributed by atoms with E-state index < -0.39 is 0 Å². The van der Waals surface area contributed by atoms with Crippen LogP contribution in [0.15, 0.2) is 30.3 Å². The van der Waals surface area contributed by atoms with Gasteiger partial charge in [-0.05, 0) is 44.7 Å². The van der Waals surface area contributed by atoms with Crippen LogP contribution in [0.2, 0.25) is 0 Å². The Labute approximate surface area is 146 Å². The molecule has 1 amide bonds. The van der Waals surface area contributed by atoms with Crippen molar-refractivity contribution in [1.82, 2.24) is 15.2 Å². The molecule has 0 unspecified atom stereocenters. The van der Waals surface area contributed by atoms with Gasteiger partial charge in [-0.2, -0.15) is 0 Å². The molecule has 0 saturated carbocycles. The zero-order chi connectivity index (χ0) is 16.5. The zero-order valence-electron chi connectivity index (χ0n) is 14.0. The Morgan fingerprint density at radius 3 is 2.50 bits per heavy atom. The van der Waals surface area contributed by atoms with E-state index in [1.165, 1.54) is 11.3 Å². The molecule has 2 aliphatic rings. The molecule has 1 aromatic heterocycles. The van der Waals surface area contributed by atoms with Crippen molar-refractivity contribution in [2.75, 3.05) is 26.2 Å². The van der Waals surface area contributed by atoms with Crippen LogP contribution < -0.4 is 5.32 Å². The average molecular weight is 341 g/mol. The number of nitrogens with one attached hydrogen (secondary N) is 1. The van der Waals surface area contributed by atoms with Crippen molar-refractivity contribution in [3.63, 3.8) is 0 Å². The van der Waals surface area contributed by atoms with E-state index in [0.717, 1.165) is 72.0 Å². The lowest BCUT2D eigenvalue weighted by molar-refractivity contribution is 0.0764. The van der Waals surface area contributed by atoms with Gasteiger partial charge < -0.3 is 10.2 Å². The molecule has 3 heterocycles. The van der Waals surface area contributed by atoms with E-state index in [1.807, 2.05) is 37.3 Å². The third kappa shape index (κ3) is 2.98. The number of carbonyl (C=O) groups excluding carboxylic acids is 1. The SMILES string of the molecule is Cc1nc(-c2ccccc2)c(C(=O)N2CC[C@@H]3CNC[C@@H]3CC2)s1. The van der Waals surface area contributed by atoms with Gasteiger partial charge in [0.15, 0.2) is 0 Å². The number of aryl methyl sites for hydroxylation is 1. The number of aromatic nitrogens is 1. The molecule has 4 nitrogen and oxygen atoms in total. The van der Waals surface area contributed by atoms with Crippen molar-refractivity contribution in [3.8, 4) is 11.3 Å². The van der Waals surface area contributed by atoms with Gasteiger partial charge in [0, 0.05) is 18.7 Å². The molecule has 2 saturated heterocycles.